The van der Waals surface area contributed by atoms with Crippen LogP contribution in [0.1, 0.15) is 23.1 Å². The number of pyridine rings is 1. The van der Waals surface area contributed by atoms with Gasteiger partial charge in [-0.05, 0) is 54.2 Å². The van der Waals surface area contributed by atoms with Crippen molar-refractivity contribution in [3.63, 3.8) is 0 Å². The molecule has 0 amide bonds. The molecular formula is C26H26N4O4S. The largest absolute Gasteiger partial charge is 0.505 e. The summed E-state index contributed by atoms with van der Waals surface area (Å²) in [5.41, 5.74) is 6.70. The molecule has 180 valence electrons. The van der Waals surface area contributed by atoms with E-state index in [9.17, 15) is 19.0 Å². The minimum Gasteiger partial charge on any atom is -0.505 e. The van der Waals surface area contributed by atoms with Crippen molar-refractivity contribution in [2.75, 3.05) is 10.4 Å². The van der Waals surface area contributed by atoms with Crippen LogP contribution in [0.3, 0.4) is 0 Å². The second kappa shape index (κ2) is 8.31. The Morgan fingerprint density at radius 2 is 1.60 bits per heavy atom. The minimum atomic E-state index is -3.40. The number of aryl methyl sites for hydroxylation is 1. The summed E-state index contributed by atoms with van der Waals surface area (Å²) in [7, 11) is -3.40. The van der Waals surface area contributed by atoms with Crippen LogP contribution in [-0.4, -0.2) is 24.9 Å². The molecule has 2 aliphatic rings. The van der Waals surface area contributed by atoms with Crippen LogP contribution >= 0.6 is 10.8 Å². The van der Waals surface area contributed by atoms with Gasteiger partial charge in [0.05, 0.1) is 17.0 Å². The molecule has 1 aliphatic heterocycles. The number of hydrazine groups is 1. The van der Waals surface area contributed by atoms with E-state index in [1.54, 1.807) is 42.5 Å². The van der Waals surface area contributed by atoms with E-state index in [1.807, 2.05) is 18.2 Å². The molecule has 0 spiro atoms. The van der Waals surface area contributed by atoms with Crippen LogP contribution < -0.4 is 20.8 Å². The zero-order chi connectivity index (χ0) is 24.2. The first kappa shape index (κ1) is 22.0. The molecule has 1 atom stereocenters. The molecule has 2 heterocycles. The zero-order valence-corrected chi connectivity index (χ0v) is 19.7. The number of para-hydroxylation sites is 1. The summed E-state index contributed by atoms with van der Waals surface area (Å²) < 4.78 is 23.0. The summed E-state index contributed by atoms with van der Waals surface area (Å²) in [6.07, 6.45) is 2.56. The van der Waals surface area contributed by atoms with Gasteiger partial charge in [0.25, 0.3) is 5.56 Å². The molecule has 0 saturated carbocycles. The molecular weight excluding hydrogens is 464 g/mol. The van der Waals surface area contributed by atoms with Crippen molar-refractivity contribution >= 4 is 27.4 Å². The van der Waals surface area contributed by atoms with E-state index in [4.69, 9.17) is 0 Å². The van der Waals surface area contributed by atoms with Crippen molar-refractivity contribution in [3.05, 3.63) is 99.8 Å². The van der Waals surface area contributed by atoms with E-state index in [0.29, 0.717) is 21.4 Å². The third kappa shape index (κ3) is 3.73. The number of hydrogen-bond acceptors (Lipinski definition) is 7. The smallest absolute Gasteiger partial charge is 0.298 e. The predicted octanol–water partition coefficient (Wildman–Crippen LogP) is 4.36. The Labute approximate surface area is 203 Å². The third-order valence-electron chi connectivity index (χ3n) is 6.80. The Morgan fingerprint density at radius 1 is 0.914 bits per heavy atom. The molecule has 0 radical (unpaired) electrons. The topological polar surface area (TPSA) is 110 Å². The summed E-state index contributed by atoms with van der Waals surface area (Å²) in [6.45, 7) is 0.185. The number of anilines is 1. The summed E-state index contributed by atoms with van der Waals surface area (Å²) >= 11 is 0. The van der Waals surface area contributed by atoms with Gasteiger partial charge in [0, 0.05) is 11.4 Å². The number of fused-ring (bicyclic) bond motifs is 3. The van der Waals surface area contributed by atoms with Gasteiger partial charge in [-0.2, -0.15) is 0 Å². The predicted molar refractivity (Wildman–Crippen MR) is 138 cm³/mol. The van der Waals surface area contributed by atoms with E-state index in [0.717, 1.165) is 19.3 Å². The first-order chi connectivity index (χ1) is 16.9. The molecule has 5 N–H and O–H groups in total. The number of aromatic nitrogens is 1. The number of aromatic hydroxyl groups is 1. The second-order valence-electron chi connectivity index (χ2n) is 9.03. The Hall–Kier alpha value is -3.50. The van der Waals surface area contributed by atoms with Crippen molar-refractivity contribution in [2.24, 2.45) is 0 Å². The van der Waals surface area contributed by atoms with Crippen LogP contribution in [0, 0.1) is 0 Å². The fraction of sp³-hybridized carbons (Fsp3) is 0.192. The maximum atomic E-state index is 13.9. The Bertz CT molecular complexity index is 1500. The number of nitrogens with zero attached hydrogens (tertiary/aromatic N) is 2. The van der Waals surface area contributed by atoms with Crippen LogP contribution in [0.15, 0.2) is 82.5 Å². The van der Waals surface area contributed by atoms with E-state index >= 15 is 0 Å². The standard InChI is InChI=1S/C26H26N4O4S/c31-25-21-10-4-5-11-22(21)30(27-20-14-13-17-7-1-2-8-18(17)15-20)26(32)24(25)29-16-19-9-3-6-12-23(19)35(33,34)28-29/h1-12,20,27-28,31,33-34H,13-16H2. The third-order valence-corrected chi connectivity index (χ3v) is 8.29. The number of benzene rings is 3. The maximum absolute atomic E-state index is 13.9. The molecule has 3 aromatic carbocycles. The number of nitrogens with one attached hydrogen (secondary N) is 2. The lowest BCUT2D eigenvalue weighted by atomic mass is 9.89. The van der Waals surface area contributed by atoms with Crippen molar-refractivity contribution in [3.8, 4) is 5.75 Å². The molecule has 8 nitrogen and oxygen atoms in total. The van der Waals surface area contributed by atoms with Gasteiger partial charge in [0.2, 0.25) is 0 Å². The zero-order valence-electron chi connectivity index (χ0n) is 18.9. The van der Waals surface area contributed by atoms with E-state index in [-0.39, 0.29) is 24.0 Å². The summed E-state index contributed by atoms with van der Waals surface area (Å²) in [5.74, 6) is -0.209. The molecule has 6 rings (SSSR count). The quantitative estimate of drug-likeness (QED) is 0.290. The molecule has 9 heteroatoms. The number of hydrogen-bond donors (Lipinski definition) is 5. The summed E-state index contributed by atoms with van der Waals surface area (Å²) in [5, 5.41) is 13.0. The molecule has 1 unspecified atom stereocenters. The van der Waals surface area contributed by atoms with Crippen molar-refractivity contribution in [2.45, 2.75) is 36.7 Å². The normalized spacial score (nSPS) is 19.6. The summed E-state index contributed by atoms with van der Waals surface area (Å²) in [6, 6.07) is 22.5. The van der Waals surface area contributed by atoms with Gasteiger partial charge < -0.3 is 10.5 Å². The van der Waals surface area contributed by atoms with Crippen molar-refractivity contribution < 1.29 is 14.2 Å². The first-order valence-corrected chi connectivity index (χ1v) is 13.1. The molecule has 1 aliphatic carbocycles. The van der Waals surface area contributed by atoms with E-state index < -0.39 is 16.3 Å². The summed E-state index contributed by atoms with van der Waals surface area (Å²) in [4.78, 5) is 16.9. The van der Waals surface area contributed by atoms with Gasteiger partial charge in [-0.25, -0.2) is 4.68 Å². The Morgan fingerprint density at radius 3 is 2.43 bits per heavy atom. The van der Waals surface area contributed by atoms with Crippen LogP contribution in [0.5, 0.6) is 5.75 Å². The SMILES string of the molecule is O=c1c(N2Cc3ccccc3S(O)(O)N2)c(O)c2ccccc2n1NC1CCc2ccccc2C1. The van der Waals surface area contributed by atoms with E-state index in [2.05, 4.69) is 22.4 Å². The van der Waals surface area contributed by atoms with Gasteiger partial charge in [-0.3, -0.25) is 18.9 Å². The van der Waals surface area contributed by atoms with Gasteiger partial charge in [0.1, 0.15) is 0 Å². The van der Waals surface area contributed by atoms with Gasteiger partial charge >= 0.3 is 0 Å². The average Bonchev–Trinajstić information content (AvgIpc) is 2.86. The van der Waals surface area contributed by atoms with Crippen LogP contribution in [0.25, 0.3) is 10.9 Å². The molecule has 0 saturated heterocycles. The van der Waals surface area contributed by atoms with Crippen molar-refractivity contribution in [1.82, 2.24) is 9.51 Å². The average molecular weight is 491 g/mol. The van der Waals surface area contributed by atoms with Gasteiger partial charge in [-0.15, -0.1) is 4.83 Å². The molecule has 1 aromatic heterocycles. The highest BCUT2D eigenvalue weighted by molar-refractivity contribution is 8.22. The lowest BCUT2D eigenvalue weighted by Gasteiger charge is -2.44. The van der Waals surface area contributed by atoms with Crippen LogP contribution in [-0.2, 0) is 19.4 Å². The molecule has 0 fully saturated rings. The Kier molecular flexibility index (Phi) is 5.23. The van der Waals surface area contributed by atoms with E-state index in [1.165, 1.54) is 20.8 Å². The molecule has 0 bridgehead atoms. The monoisotopic (exact) mass is 490 g/mol. The van der Waals surface area contributed by atoms with Gasteiger partial charge in [-0.1, -0.05) is 65.4 Å². The fourth-order valence-corrected chi connectivity index (χ4v) is 6.45. The fourth-order valence-electron chi connectivity index (χ4n) is 5.12. The minimum absolute atomic E-state index is 0.0267. The highest BCUT2D eigenvalue weighted by Gasteiger charge is 2.33. The lowest BCUT2D eigenvalue weighted by Crippen LogP contribution is -2.48. The maximum Gasteiger partial charge on any atom is 0.298 e. The molecule has 35 heavy (non-hydrogen) atoms. The highest BCUT2D eigenvalue weighted by atomic mass is 32.3. The van der Waals surface area contributed by atoms with Crippen molar-refractivity contribution in [1.29, 1.82) is 0 Å². The van der Waals surface area contributed by atoms with Crippen LogP contribution in [0.4, 0.5) is 5.69 Å². The van der Waals surface area contributed by atoms with Gasteiger partial charge in [0.15, 0.2) is 11.4 Å². The second-order valence-corrected chi connectivity index (χ2v) is 10.7. The highest BCUT2D eigenvalue weighted by Crippen LogP contribution is 2.50. The van der Waals surface area contributed by atoms with Crippen LogP contribution in [0.2, 0.25) is 0 Å². The molecule has 4 aromatic rings. The lowest BCUT2D eigenvalue weighted by molar-refractivity contribution is 0.448. The Balaban J connectivity index is 1.45. The first-order valence-electron chi connectivity index (χ1n) is 11.5. The number of rotatable bonds is 3.